The predicted molar refractivity (Wildman–Crippen MR) is 83.7 cm³/mol. The maximum absolute atomic E-state index is 12.4. The number of piperidine rings is 1. The van der Waals surface area contributed by atoms with E-state index in [4.69, 9.17) is 10.5 Å². The van der Waals surface area contributed by atoms with Crippen molar-refractivity contribution in [1.82, 2.24) is 14.9 Å². The Morgan fingerprint density at radius 3 is 2.86 bits per heavy atom. The van der Waals surface area contributed by atoms with E-state index in [0.29, 0.717) is 6.54 Å². The topological polar surface area (TPSA) is 81.3 Å². The van der Waals surface area contributed by atoms with Gasteiger partial charge in [0.05, 0.1) is 16.2 Å². The van der Waals surface area contributed by atoms with Crippen molar-refractivity contribution in [3.63, 3.8) is 0 Å². The zero-order chi connectivity index (χ0) is 15.6. The van der Waals surface area contributed by atoms with Crippen molar-refractivity contribution in [2.45, 2.75) is 51.7 Å². The second kappa shape index (κ2) is 6.17. The van der Waals surface area contributed by atoms with E-state index in [9.17, 15) is 4.79 Å². The van der Waals surface area contributed by atoms with E-state index in [1.165, 1.54) is 0 Å². The van der Waals surface area contributed by atoms with Crippen molar-refractivity contribution in [2.24, 2.45) is 0 Å². The lowest BCUT2D eigenvalue weighted by atomic mass is 9.99. The molecule has 0 spiro atoms. The van der Waals surface area contributed by atoms with Crippen molar-refractivity contribution in [2.75, 3.05) is 12.3 Å². The first-order valence-electron chi connectivity index (χ1n) is 7.05. The van der Waals surface area contributed by atoms with Gasteiger partial charge < -0.3 is 10.5 Å². The van der Waals surface area contributed by atoms with Crippen LogP contribution in [0.1, 0.15) is 51.8 Å². The number of rotatable bonds is 1. The number of anilines is 1. The zero-order valence-electron chi connectivity index (χ0n) is 12.6. The van der Waals surface area contributed by atoms with Crippen LogP contribution in [0.2, 0.25) is 0 Å². The van der Waals surface area contributed by atoms with E-state index >= 15 is 0 Å². The van der Waals surface area contributed by atoms with Crippen molar-refractivity contribution in [1.29, 1.82) is 0 Å². The van der Waals surface area contributed by atoms with Crippen LogP contribution in [0, 0.1) is 0 Å². The van der Waals surface area contributed by atoms with Gasteiger partial charge >= 0.3 is 6.09 Å². The van der Waals surface area contributed by atoms with Crippen molar-refractivity contribution >= 4 is 28.0 Å². The normalized spacial score (nSPS) is 19.4. The van der Waals surface area contributed by atoms with Crippen molar-refractivity contribution in [3.8, 4) is 0 Å². The summed E-state index contributed by atoms with van der Waals surface area (Å²) in [6.07, 6.45) is 4.17. The Hall–Kier alpha value is -1.37. The van der Waals surface area contributed by atoms with E-state index < -0.39 is 5.60 Å². The highest BCUT2D eigenvalue weighted by molar-refractivity contribution is 9.10. The molecule has 116 valence electrons. The zero-order valence-corrected chi connectivity index (χ0v) is 14.2. The second-order valence-corrected chi connectivity index (χ2v) is 7.00. The Kier molecular flexibility index (Phi) is 4.70. The van der Waals surface area contributed by atoms with Gasteiger partial charge in [0.2, 0.25) is 5.95 Å². The molecule has 1 aliphatic heterocycles. The third-order valence-corrected chi connectivity index (χ3v) is 3.85. The number of halogens is 1. The van der Waals surface area contributed by atoms with Gasteiger partial charge in [0, 0.05) is 12.7 Å². The minimum atomic E-state index is -0.513. The Bertz CT molecular complexity index is 530. The smallest absolute Gasteiger partial charge is 0.410 e. The number of nitrogens with two attached hydrogens (primary N) is 1. The molecule has 2 heterocycles. The minimum absolute atomic E-state index is 0.131. The number of hydrogen-bond donors (Lipinski definition) is 1. The summed E-state index contributed by atoms with van der Waals surface area (Å²) in [6.45, 7) is 6.25. The van der Waals surface area contributed by atoms with E-state index in [0.717, 1.165) is 29.4 Å². The summed E-state index contributed by atoms with van der Waals surface area (Å²) in [6, 6.07) is -0.131. The lowest BCUT2D eigenvalue weighted by Gasteiger charge is -2.36. The number of nitrogen functional groups attached to an aromatic ring is 1. The third-order valence-electron chi connectivity index (χ3n) is 3.24. The van der Waals surface area contributed by atoms with Gasteiger partial charge in [-0.25, -0.2) is 14.8 Å². The van der Waals surface area contributed by atoms with Gasteiger partial charge in [0.1, 0.15) is 5.60 Å². The van der Waals surface area contributed by atoms with E-state index in [1.54, 1.807) is 11.1 Å². The summed E-state index contributed by atoms with van der Waals surface area (Å²) < 4.78 is 6.26. The fourth-order valence-electron chi connectivity index (χ4n) is 2.38. The minimum Gasteiger partial charge on any atom is -0.444 e. The molecule has 0 radical (unpaired) electrons. The highest BCUT2D eigenvalue weighted by Gasteiger charge is 2.33. The predicted octanol–water partition coefficient (Wildman–Crippen LogP) is 3.28. The van der Waals surface area contributed by atoms with Crippen LogP contribution in [0.25, 0.3) is 0 Å². The van der Waals surface area contributed by atoms with Crippen molar-refractivity contribution in [3.05, 3.63) is 16.4 Å². The second-order valence-electron chi connectivity index (χ2n) is 6.15. The molecule has 1 aliphatic rings. The fraction of sp³-hybridized carbons (Fsp3) is 0.643. The molecule has 1 aromatic rings. The number of hydrogen-bond acceptors (Lipinski definition) is 5. The first-order valence-corrected chi connectivity index (χ1v) is 7.85. The molecule has 1 amide bonds. The van der Waals surface area contributed by atoms with Gasteiger partial charge in [-0.2, -0.15) is 0 Å². The van der Waals surface area contributed by atoms with Crippen LogP contribution in [-0.2, 0) is 4.74 Å². The first-order chi connectivity index (χ1) is 9.78. The van der Waals surface area contributed by atoms with Crippen LogP contribution >= 0.6 is 15.9 Å². The quantitative estimate of drug-likeness (QED) is 0.834. The number of likely N-dealkylation sites (tertiary alicyclic amines) is 1. The molecule has 2 rings (SSSR count). The molecular formula is C14H21BrN4O2. The fourth-order valence-corrected chi connectivity index (χ4v) is 2.84. The molecule has 1 atom stereocenters. The highest BCUT2D eigenvalue weighted by Crippen LogP contribution is 2.34. The van der Waals surface area contributed by atoms with Crippen LogP contribution in [0.15, 0.2) is 10.7 Å². The summed E-state index contributed by atoms with van der Waals surface area (Å²) in [5.74, 6) is 0.211. The average molecular weight is 357 g/mol. The van der Waals surface area contributed by atoms with Gasteiger partial charge in [-0.3, -0.25) is 4.90 Å². The van der Waals surface area contributed by atoms with E-state index in [1.807, 2.05) is 20.8 Å². The highest BCUT2D eigenvalue weighted by atomic mass is 79.9. The van der Waals surface area contributed by atoms with Gasteiger partial charge in [0.15, 0.2) is 0 Å². The summed E-state index contributed by atoms with van der Waals surface area (Å²) in [4.78, 5) is 22.4. The number of ether oxygens (including phenoxy) is 1. The maximum atomic E-state index is 12.4. The molecule has 21 heavy (non-hydrogen) atoms. The standard InChI is InChI=1S/C14H21BrN4O2/c1-14(2,3)21-13(20)19-7-5-4-6-10(19)11-9(15)8-17-12(16)18-11/h8,10H,4-7H2,1-3H3,(H2,16,17,18)/t10-/m0/s1. The third kappa shape index (κ3) is 4.06. The van der Waals surface area contributed by atoms with Crippen molar-refractivity contribution < 1.29 is 9.53 Å². The molecule has 0 aromatic carbocycles. The Morgan fingerprint density at radius 1 is 1.48 bits per heavy atom. The Morgan fingerprint density at radius 2 is 2.19 bits per heavy atom. The van der Waals surface area contributed by atoms with E-state index in [-0.39, 0.29) is 18.1 Å². The van der Waals surface area contributed by atoms with Crippen LogP contribution in [0.4, 0.5) is 10.7 Å². The van der Waals surface area contributed by atoms with Gasteiger partial charge in [-0.05, 0) is 56.0 Å². The number of carbonyl (C=O) groups excluding carboxylic acids is 1. The number of carbonyl (C=O) groups is 1. The van der Waals surface area contributed by atoms with Crippen LogP contribution < -0.4 is 5.73 Å². The molecule has 0 bridgehead atoms. The van der Waals surface area contributed by atoms with Gasteiger partial charge in [0.25, 0.3) is 0 Å². The molecular weight excluding hydrogens is 336 g/mol. The molecule has 7 heteroatoms. The maximum Gasteiger partial charge on any atom is 0.410 e. The summed E-state index contributed by atoms with van der Waals surface area (Å²) in [7, 11) is 0. The monoisotopic (exact) mass is 356 g/mol. The summed E-state index contributed by atoms with van der Waals surface area (Å²) in [5.41, 5.74) is 5.91. The molecule has 0 saturated carbocycles. The lowest BCUT2D eigenvalue weighted by Crippen LogP contribution is -2.42. The van der Waals surface area contributed by atoms with Gasteiger partial charge in [-0.15, -0.1) is 0 Å². The molecule has 1 fully saturated rings. The molecule has 0 unspecified atom stereocenters. The number of nitrogens with zero attached hydrogens (tertiary/aromatic N) is 3. The van der Waals surface area contributed by atoms with E-state index in [2.05, 4.69) is 25.9 Å². The molecule has 1 saturated heterocycles. The Balaban J connectivity index is 2.27. The van der Waals surface area contributed by atoms with Crippen LogP contribution in [0.5, 0.6) is 0 Å². The first kappa shape index (κ1) is 16.0. The lowest BCUT2D eigenvalue weighted by molar-refractivity contribution is 0.00891. The largest absolute Gasteiger partial charge is 0.444 e. The van der Waals surface area contributed by atoms with Gasteiger partial charge in [-0.1, -0.05) is 0 Å². The molecule has 0 aliphatic carbocycles. The molecule has 6 nitrogen and oxygen atoms in total. The van der Waals surface area contributed by atoms with Crippen LogP contribution in [-0.4, -0.2) is 33.1 Å². The molecule has 2 N–H and O–H groups in total. The summed E-state index contributed by atoms with van der Waals surface area (Å²) in [5, 5.41) is 0. The summed E-state index contributed by atoms with van der Waals surface area (Å²) >= 11 is 3.44. The Labute approximate surface area is 133 Å². The SMILES string of the molecule is CC(C)(C)OC(=O)N1CCCC[C@H]1c1nc(N)ncc1Br. The molecule has 1 aromatic heterocycles. The average Bonchev–Trinajstić information content (AvgIpc) is 2.39. The van der Waals surface area contributed by atoms with Crippen LogP contribution in [0.3, 0.4) is 0 Å². The number of amides is 1. The number of aromatic nitrogens is 2.